The molecule has 1 amide bonds. The average molecular weight is 266 g/mol. The summed E-state index contributed by atoms with van der Waals surface area (Å²) in [6.45, 7) is 8.20. The van der Waals surface area contributed by atoms with E-state index < -0.39 is 0 Å². The van der Waals surface area contributed by atoms with E-state index >= 15 is 0 Å². The number of amides is 1. The molecule has 1 aliphatic carbocycles. The number of likely N-dealkylation sites (tertiary alicyclic amines) is 1. The zero-order valence-corrected chi connectivity index (χ0v) is 12.2. The Bertz CT molecular complexity index is 350. The fourth-order valence-electron chi connectivity index (χ4n) is 4.20. The molecule has 4 heteroatoms. The minimum atomic E-state index is 0.220. The number of hydrogen-bond donors (Lipinski definition) is 1. The van der Waals surface area contributed by atoms with E-state index in [4.69, 9.17) is 4.74 Å². The smallest absolute Gasteiger partial charge is 0.223 e. The van der Waals surface area contributed by atoms with Crippen molar-refractivity contribution in [3.05, 3.63) is 0 Å². The summed E-state index contributed by atoms with van der Waals surface area (Å²) in [6.07, 6.45) is 4.60. The van der Waals surface area contributed by atoms with Crippen LogP contribution in [-0.2, 0) is 9.53 Å². The second-order valence-corrected chi connectivity index (χ2v) is 6.83. The average Bonchev–Trinajstić information content (AvgIpc) is 3.03. The summed E-state index contributed by atoms with van der Waals surface area (Å²) in [5, 5.41) is 3.61. The molecule has 0 aromatic carbocycles. The number of carbonyl (C=O) groups excluding carboxylic acids is 1. The molecule has 0 radical (unpaired) electrons. The molecule has 0 spiro atoms. The van der Waals surface area contributed by atoms with Gasteiger partial charge >= 0.3 is 0 Å². The van der Waals surface area contributed by atoms with Gasteiger partial charge < -0.3 is 15.0 Å². The van der Waals surface area contributed by atoms with Crippen LogP contribution in [0.4, 0.5) is 0 Å². The third kappa shape index (κ3) is 2.29. The summed E-state index contributed by atoms with van der Waals surface area (Å²) in [5.74, 6) is 0.984. The van der Waals surface area contributed by atoms with Gasteiger partial charge in [0.05, 0.1) is 6.10 Å². The molecule has 4 nitrogen and oxygen atoms in total. The van der Waals surface area contributed by atoms with Crippen molar-refractivity contribution < 1.29 is 9.53 Å². The molecule has 3 fully saturated rings. The Kier molecular flexibility index (Phi) is 3.56. The molecule has 0 bridgehead atoms. The van der Waals surface area contributed by atoms with Crippen LogP contribution in [0.25, 0.3) is 0 Å². The molecule has 3 atom stereocenters. The van der Waals surface area contributed by atoms with Gasteiger partial charge in [-0.05, 0) is 19.3 Å². The zero-order chi connectivity index (χ0) is 13.5. The number of rotatable bonds is 4. The number of carbonyl (C=O) groups is 1. The quantitative estimate of drug-likeness (QED) is 0.836. The minimum Gasteiger partial charge on any atom is -0.377 e. The van der Waals surface area contributed by atoms with Crippen molar-refractivity contribution in [1.29, 1.82) is 0 Å². The summed E-state index contributed by atoms with van der Waals surface area (Å²) >= 11 is 0. The summed E-state index contributed by atoms with van der Waals surface area (Å²) < 4.78 is 5.79. The molecular weight excluding hydrogens is 240 g/mol. The summed E-state index contributed by atoms with van der Waals surface area (Å²) in [6, 6.07) is 0.520. The van der Waals surface area contributed by atoms with Gasteiger partial charge in [-0.15, -0.1) is 0 Å². The van der Waals surface area contributed by atoms with Gasteiger partial charge in [0.1, 0.15) is 0 Å². The van der Waals surface area contributed by atoms with Gasteiger partial charge in [-0.3, -0.25) is 4.79 Å². The predicted molar refractivity (Wildman–Crippen MR) is 73.8 cm³/mol. The highest BCUT2D eigenvalue weighted by Gasteiger charge is 2.58. The van der Waals surface area contributed by atoms with Gasteiger partial charge in [-0.1, -0.05) is 13.8 Å². The molecule has 1 N–H and O–H groups in total. The van der Waals surface area contributed by atoms with E-state index in [9.17, 15) is 4.79 Å². The van der Waals surface area contributed by atoms with Crippen LogP contribution in [0.1, 0.15) is 39.5 Å². The van der Waals surface area contributed by atoms with Crippen molar-refractivity contribution in [2.45, 2.75) is 51.7 Å². The van der Waals surface area contributed by atoms with Gasteiger partial charge in [0.25, 0.3) is 0 Å². The Labute approximate surface area is 115 Å². The van der Waals surface area contributed by atoms with Crippen LogP contribution in [0.15, 0.2) is 0 Å². The first-order valence-electron chi connectivity index (χ1n) is 7.73. The van der Waals surface area contributed by atoms with Crippen LogP contribution in [0.5, 0.6) is 0 Å². The number of nitrogens with one attached hydrogen (secondary N) is 1. The van der Waals surface area contributed by atoms with E-state index in [-0.39, 0.29) is 5.41 Å². The van der Waals surface area contributed by atoms with Crippen molar-refractivity contribution in [3.8, 4) is 0 Å². The van der Waals surface area contributed by atoms with Crippen molar-refractivity contribution >= 4 is 5.91 Å². The number of nitrogens with zero attached hydrogens (tertiary/aromatic N) is 1. The Balaban J connectivity index is 1.44. The topological polar surface area (TPSA) is 41.6 Å². The second kappa shape index (κ2) is 5.06. The van der Waals surface area contributed by atoms with Gasteiger partial charge in [-0.2, -0.15) is 0 Å². The van der Waals surface area contributed by atoms with Gasteiger partial charge in [-0.25, -0.2) is 0 Å². The van der Waals surface area contributed by atoms with Crippen LogP contribution in [-0.4, -0.2) is 49.2 Å². The first-order chi connectivity index (χ1) is 9.10. The molecule has 2 saturated heterocycles. The van der Waals surface area contributed by atoms with Crippen LogP contribution in [0.3, 0.4) is 0 Å². The molecule has 19 heavy (non-hydrogen) atoms. The van der Waals surface area contributed by atoms with Crippen molar-refractivity contribution in [2.24, 2.45) is 11.3 Å². The molecule has 108 valence electrons. The van der Waals surface area contributed by atoms with E-state index in [0.29, 0.717) is 30.4 Å². The van der Waals surface area contributed by atoms with Gasteiger partial charge in [0.2, 0.25) is 5.91 Å². The van der Waals surface area contributed by atoms with Crippen molar-refractivity contribution in [2.75, 3.05) is 26.2 Å². The standard InChI is InChI=1S/C15H26N2O2/c1-15(2)13(11-6-10-19-14(11)15)16-7-5-12(18)17-8-3-4-9-17/h11,13-14,16H,3-10H2,1-2H3. The van der Waals surface area contributed by atoms with Gasteiger partial charge in [0, 0.05) is 50.0 Å². The van der Waals surface area contributed by atoms with Crippen LogP contribution in [0, 0.1) is 11.3 Å². The summed E-state index contributed by atoms with van der Waals surface area (Å²) in [5.41, 5.74) is 0.220. The molecule has 3 rings (SSSR count). The van der Waals surface area contributed by atoms with Gasteiger partial charge in [0.15, 0.2) is 0 Å². The van der Waals surface area contributed by atoms with Crippen LogP contribution >= 0.6 is 0 Å². The van der Waals surface area contributed by atoms with E-state index in [1.807, 2.05) is 4.90 Å². The highest BCUT2D eigenvalue weighted by molar-refractivity contribution is 5.76. The van der Waals surface area contributed by atoms with E-state index in [1.54, 1.807) is 0 Å². The third-order valence-electron chi connectivity index (χ3n) is 5.26. The summed E-state index contributed by atoms with van der Waals surface area (Å²) in [4.78, 5) is 14.0. The van der Waals surface area contributed by atoms with Crippen LogP contribution < -0.4 is 5.32 Å². The lowest BCUT2D eigenvalue weighted by atomic mass is 9.57. The Hall–Kier alpha value is -0.610. The van der Waals surface area contributed by atoms with Crippen LogP contribution in [0.2, 0.25) is 0 Å². The number of hydrogen-bond acceptors (Lipinski definition) is 3. The number of ether oxygens (including phenoxy) is 1. The number of fused-ring (bicyclic) bond motifs is 1. The van der Waals surface area contributed by atoms with E-state index in [1.165, 1.54) is 19.3 Å². The fourth-order valence-corrected chi connectivity index (χ4v) is 4.20. The first-order valence-corrected chi connectivity index (χ1v) is 7.73. The molecular formula is C15H26N2O2. The lowest BCUT2D eigenvalue weighted by molar-refractivity contribution is -0.131. The Morgan fingerprint density at radius 1 is 1.37 bits per heavy atom. The Morgan fingerprint density at radius 3 is 2.84 bits per heavy atom. The highest BCUT2D eigenvalue weighted by atomic mass is 16.5. The Morgan fingerprint density at radius 2 is 2.11 bits per heavy atom. The molecule has 2 aliphatic heterocycles. The highest BCUT2D eigenvalue weighted by Crippen LogP contribution is 2.51. The molecule has 3 aliphatic rings. The third-order valence-corrected chi connectivity index (χ3v) is 5.26. The van der Waals surface area contributed by atoms with Crippen molar-refractivity contribution in [3.63, 3.8) is 0 Å². The lowest BCUT2D eigenvalue weighted by Gasteiger charge is -2.55. The van der Waals surface area contributed by atoms with E-state index in [2.05, 4.69) is 19.2 Å². The predicted octanol–water partition coefficient (Wildman–Crippen LogP) is 1.40. The molecule has 3 unspecified atom stereocenters. The fraction of sp³-hybridized carbons (Fsp3) is 0.933. The maximum atomic E-state index is 12.0. The molecule has 0 aromatic heterocycles. The monoisotopic (exact) mass is 266 g/mol. The van der Waals surface area contributed by atoms with Crippen molar-refractivity contribution in [1.82, 2.24) is 10.2 Å². The SMILES string of the molecule is CC1(C)C(NCCC(=O)N2CCCC2)C2CCOC21. The lowest BCUT2D eigenvalue weighted by Crippen LogP contribution is -2.66. The summed E-state index contributed by atoms with van der Waals surface area (Å²) in [7, 11) is 0. The maximum absolute atomic E-state index is 12.0. The largest absolute Gasteiger partial charge is 0.377 e. The molecule has 0 aromatic rings. The van der Waals surface area contributed by atoms with E-state index in [0.717, 1.165) is 26.2 Å². The molecule has 2 heterocycles. The first kappa shape index (κ1) is 13.4. The zero-order valence-electron chi connectivity index (χ0n) is 12.2. The normalized spacial score (nSPS) is 36.1. The molecule has 1 saturated carbocycles. The second-order valence-electron chi connectivity index (χ2n) is 6.83. The minimum absolute atomic E-state index is 0.220. The maximum Gasteiger partial charge on any atom is 0.223 e.